The third-order valence-corrected chi connectivity index (χ3v) is 5.70. The van der Waals surface area contributed by atoms with Crippen molar-refractivity contribution in [2.75, 3.05) is 20.8 Å². The third-order valence-electron chi connectivity index (χ3n) is 5.70. The lowest BCUT2D eigenvalue weighted by Gasteiger charge is -2.25. The zero-order valence-corrected chi connectivity index (χ0v) is 18.4. The summed E-state index contributed by atoms with van der Waals surface area (Å²) >= 11 is 0. The smallest absolute Gasteiger partial charge is 0.228 e. The Balaban J connectivity index is 1.53. The van der Waals surface area contributed by atoms with Gasteiger partial charge < -0.3 is 25.4 Å². The maximum atomic E-state index is 13.0. The first kappa shape index (κ1) is 23.1. The van der Waals surface area contributed by atoms with E-state index in [2.05, 4.69) is 16.0 Å². The summed E-state index contributed by atoms with van der Waals surface area (Å²) in [7, 11) is 3.19. The first-order chi connectivity index (χ1) is 15.4. The van der Waals surface area contributed by atoms with Crippen molar-refractivity contribution >= 4 is 17.7 Å². The molecule has 1 aliphatic rings. The van der Waals surface area contributed by atoms with E-state index in [4.69, 9.17) is 9.47 Å². The van der Waals surface area contributed by atoms with Gasteiger partial charge in [-0.05, 0) is 41.8 Å². The Bertz CT molecular complexity index is 943. The maximum absolute atomic E-state index is 13.0. The molecule has 32 heavy (non-hydrogen) atoms. The molecule has 8 nitrogen and oxygen atoms in total. The first-order valence-corrected chi connectivity index (χ1v) is 10.5. The second-order valence-corrected chi connectivity index (χ2v) is 7.89. The monoisotopic (exact) mass is 439 g/mol. The molecule has 3 amide bonds. The van der Waals surface area contributed by atoms with E-state index in [-0.39, 0.29) is 43.5 Å². The molecule has 1 aliphatic heterocycles. The number of rotatable bonds is 10. The predicted octanol–water partition coefficient (Wildman–Crippen LogP) is 1.92. The highest BCUT2D eigenvalue weighted by atomic mass is 16.5. The van der Waals surface area contributed by atoms with Gasteiger partial charge in [-0.1, -0.05) is 24.3 Å². The molecule has 0 radical (unpaired) electrons. The van der Waals surface area contributed by atoms with Crippen molar-refractivity contribution in [2.45, 2.75) is 32.4 Å². The van der Waals surface area contributed by atoms with E-state index in [0.717, 1.165) is 22.6 Å². The molecule has 1 unspecified atom stereocenters. The van der Waals surface area contributed by atoms with Crippen LogP contribution in [0.15, 0.2) is 48.5 Å². The van der Waals surface area contributed by atoms with Gasteiger partial charge in [0.2, 0.25) is 17.7 Å². The van der Waals surface area contributed by atoms with Gasteiger partial charge in [0, 0.05) is 32.5 Å². The zero-order chi connectivity index (χ0) is 23.0. The van der Waals surface area contributed by atoms with Crippen molar-refractivity contribution in [3.05, 3.63) is 59.7 Å². The quantitative estimate of drug-likeness (QED) is 0.525. The van der Waals surface area contributed by atoms with E-state index in [9.17, 15) is 14.4 Å². The van der Waals surface area contributed by atoms with Crippen LogP contribution in [-0.4, -0.2) is 38.5 Å². The molecule has 1 saturated heterocycles. The van der Waals surface area contributed by atoms with Gasteiger partial charge in [-0.3, -0.25) is 14.4 Å². The Hall–Kier alpha value is -3.55. The van der Waals surface area contributed by atoms with Gasteiger partial charge in [0.05, 0.1) is 19.6 Å². The average Bonchev–Trinajstić information content (AvgIpc) is 3.22. The summed E-state index contributed by atoms with van der Waals surface area (Å²) in [4.78, 5) is 37.3. The maximum Gasteiger partial charge on any atom is 0.228 e. The fraction of sp³-hybridized carbons (Fsp3) is 0.375. The Morgan fingerprint density at radius 2 is 1.44 bits per heavy atom. The average molecular weight is 440 g/mol. The molecule has 1 heterocycles. The molecule has 0 bridgehead atoms. The van der Waals surface area contributed by atoms with Crippen molar-refractivity contribution in [1.29, 1.82) is 0 Å². The summed E-state index contributed by atoms with van der Waals surface area (Å²) in [5, 5.41) is 8.52. The van der Waals surface area contributed by atoms with Crippen LogP contribution in [-0.2, 0) is 27.5 Å². The standard InChI is InChI=1S/C24H29N3O5/c1-31-19-7-3-17(4-8-19)14-25-21(28)11-12-24(13-22(29)27-16-24)23(30)26-15-18-5-9-20(32-2)10-6-18/h3-10H,11-16H2,1-2H3,(H,25,28)(H,26,30)(H,27,29). The molecule has 2 aromatic carbocycles. The Morgan fingerprint density at radius 1 is 0.906 bits per heavy atom. The number of amides is 3. The molecule has 2 aromatic rings. The predicted molar refractivity (Wildman–Crippen MR) is 119 cm³/mol. The largest absolute Gasteiger partial charge is 0.497 e. The topological polar surface area (TPSA) is 106 Å². The van der Waals surface area contributed by atoms with E-state index in [1.165, 1.54) is 0 Å². The number of hydrogen-bond acceptors (Lipinski definition) is 5. The summed E-state index contributed by atoms with van der Waals surface area (Å²) in [5.41, 5.74) is 0.939. The van der Waals surface area contributed by atoms with Crippen molar-refractivity contribution in [3.63, 3.8) is 0 Å². The SMILES string of the molecule is COc1ccc(CNC(=O)CCC2(C(=O)NCc3ccc(OC)cc3)CNC(=O)C2)cc1. The van der Waals surface area contributed by atoms with Crippen molar-refractivity contribution in [3.8, 4) is 11.5 Å². The second kappa shape index (κ2) is 10.7. The summed E-state index contributed by atoms with van der Waals surface area (Å²) < 4.78 is 10.3. The van der Waals surface area contributed by atoms with Gasteiger partial charge in [0.15, 0.2) is 0 Å². The van der Waals surface area contributed by atoms with Crippen LogP contribution in [0.3, 0.4) is 0 Å². The molecule has 1 atom stereocenters. The molecule has 0 aromatic heterocycles. The lowest BCUT2D eigenvalue weighted by atomic mass is 9.81. The van der Waals surface area contributed by atoms with Gasteiger partial charge >= 0.3 is 0 Å². The van der Waals surface area contributed by atoms with Crippen molar-refractivity contribution in [2.24, 2.45) is 5.41 Å². The molecule has 0 aliphatic carbocycles. The van der Waals surface area contributed by atoms with Crippen molar-refractivity contribution in [1.82, 2.24) is 16.0 Å². The summed E-state index contributed by atoms with van der Waals surface area (Å²) in [6.07, 6.45) is 0.517. The number of carbonyl (C=O) groups is 3. The van der Waals surface area contributed by atoms with Crippen LogP contribution in [0.1, 0.15) is 30.4 Å². The molecule has 170 valence electrons. The van der Waals surface area contributed by atoms with Gasteiger partial charge in [-0.25, -0.2) is 0 Å². The highest BCUT2D eigenvalue weighted by Gasteiger charge is 2.44. The third kappa shape index (κ3) is 6.00. The van der Waals surface area contributed by atoms with Crippen LogP contribution >= 0.6 is 0 Å². The highest BCUT2D eigenvalue weighted by molar-refractivity contribution is 5.93. The molecule has 1 fully saturated rings. The Morgan fingerprint density at radius 3 is 1.91 bits per heavy atom. The van der Waals surface area contributed by atoms with Crippen LogP contribution in [0, 0.1) is 5.41 Å². The van der Waals surface area contributed by atoms with Crippen LogP contribution in [0.5, 0.6) is 11.5 Å². The molecular formula is C24H29N3O5. The minimum Gasteiger partial charge on any atom is -0.497 e. The normalized spacial score (nSPS) is 17.4. The zero-order valence-electron chi connectivity index (χ0n) is 18.4. The Kier molecular flexibility index (Phi) is 7.70. The minimum atomic E-state index is -0.930. The summed E-state index contributed by atoms with van der Waals surface area (Å²) in [6.45, 7) is 0.950. The second-order valence-electron chi connectivity index (χ2n) is 7.89. The van der Waals surface area contributed by atoms with E-state index >= 15 is 0 Å². The molecule has 8 heteroatoms. The van der Waals surface area contributed by atoms with Gasteiger partial charge in [0.1, 0.15) is 11.5 Å². The van der Waals surface area contributed by atoms with Crippen LogP contribution < -0.4 is 25.4 Å². The van der Waals surface area contributed by atoms with Crippen LogP contribution in [0.25, 0.3) is 0 Å². The number of ether oxygens (including phenoxy) is 2. The van der Waals surface area contributed by atoms with Crippen LogP contribution in [0.2, 0.25) is 0 Å². The Labute approximate surface area is 187 Å². The summed E-state index contributed by atoms with van der Waals surface area (Å²) in [5.74, 6) is 0.921. The number of methoxy groups -OCH3 is 2. The number of nitrogens with one attached hydrogen (secondary N) is 3. The lowest BCUT2D eigenvalue weighted by Crippen LogP contribution is -2.43. The first-order valence-electron chi connectivity index (χ1n) is 10.5. The molecular weight excluding hydrogens is 410 g/mol. The fourth-order valence-electron chi connectivity index (χ4n) is 3.65. The fourth-order valence-corrected chi connectivity index (χ4v) is 3.65. The molecule has 3 N–H and O–H groups in total. The van der Waals surface area contributed by atoms with E-state index in [0.29, 0.717) is 13.1 Å². The minimum absolute atomic E-state index is 0.0766. The van der Waals surface area contributed by atoms with Crippen LogP contribution in [0.4, 0.5) is 0 Å². The number of hydrogen-bond donors (Lipinski definition) is 3. The molecule has 0 saturated carbocycles. The molecule has 3 rings (SSSR count). The van der Waals surface area contributed by atoms with E-state index in [1.807, 2.05) is 48.5 Å². The van der Waals surface area contributed by atoms with E-state index in [1.54, 1.807) is 14.2 Å². The van der Waals surface area contributed by atoms with Crippen molar-refractivity contribution < 1.29 is 23.9 Å². The number of carbonyl (C=O) groups excluding carboxylic acids is 3. The molecule has 0 spiro atoms. The number of benzene rings is 2. The lowest BCUT2D eigenvalue weighted by molar-refractivity contribution is -0.133. The van der Waals surface area contributed by atoms with Gasteiger partial charge in [-0.2, -0.15) is 0 Å². The summed E-state index contributed by atoms with van der Waals surface area (Å²) in [6, 6.07) is 14.8. The van der Waals surface area contributed by atoms with Gasteiger partial charge in [0.25, 0.3) is 0 Å². The highest BCUT2D eigenvalue weighted by Crippen LogP contribution is 2.32. The van der Waals surface area contributed by atoms with E-state index < -0.39 is 5.41 Å². The van der Waals surface area contributed by atoms with Gasteiger partial charge in [-0.15, -0.1) is 0 Å².